The Hall–Kier alpha value is -2.18. The van der Waals surface area contributed by atoms with Gasteiger partial charge in [-0.15, -0.1) is 0 Å². The lowest BCUT2D eigenvalue weighted by molar-refractivity contribution is -0.138. The smallest absolute Gasteiger partial charge is 0.305 e. The average Bonchev–Trinajstić information content (AvgIpc) is 2.20. The van der Waals surface area contributed by atoms with Gasteiger partial charge in [-0.1, -0.05) is 0 Å². The molecule has 1 heterocycles. The molecule has 1 aromatic carbocycles. The van der Waals surface area contributed by atoms with Crippen LogP contribution in [-0.4, -0.2) is 23.0 Å². The summed E-state index contributed by atoms with van der Waals surface area (Å²) < 4.78 is 26.2. The molecule has 2 rings (SSSR count). The second-order valence-corrected chi connectivity index (χ2v) is 3.59. The zero-order valence-corrected chi connectivity index (χ0v) is 8.46. The Morgan fingerprint density at radius 1 is 1.41 bits per heavy atom. The van der Waals surface area contributed by atoms with Gasteiger partial charge in [0.05, 0.1) is 12.1 Å². The molecule has 5 nitrogen and oxygen atoms in total. The van der Waals surface area contributed by atoms with Crippen molar-refractivity contribution in [3.63, 3.8) is 0 Å². The summed E-state index contributed by atoms with van der Waals surface area (Å²) in [5, 5.41) is 13.3. The molecule has 0 saturated heterocycles. The van der Waals surface area contributed by atoms with Crippen LogP contribution in [0.3, 0.4) is 0 Å². The monoisotopic (exact) mass is 242 g/mol. The summed E-state index contributed by atoms with van der Waals surface area (Å²) in [6, 6.07) is 0.589. The first-order chi connectivity index (χ1) is 7.97. The van der Waals surface area contributed by atoms with Gasteiger partial charge in [0.2, 0.25) is 5.91 Å². The van der Waals surface area contributed by atoms with Gasteiger partial charge in [0, 0.05) is 6.07 Å². The van der Waals surface area contributed by atoms with Crippen molar-refractivity contribution in [2.24, 2.45) is 0 Å². The van der Waals surface area contributed by atoms with E-state index in [2.05, 4.69) is 10.6 Å². The number of benzene rings is 1. The lowest BCUT2D eigenvalue weighted by atomic mass is 10.1. The Morgan fingerprint density at radius 2 is 2.12 bits per heavy atom. The minimum atomic E-state index is -1.18. The van der Waals surface area contributed by atoms with E-state index in [0.717, 1.165) is 6.07 Å². The van der Waals surface area contributed by atoms with Crippen molar-refractivity contribution in [3.8, 4) is 0 Å². The molecule has 90 valence electrons. The SMILES string of the molecule is O=C(O)CC1Nc2cc(F)cc(F)c2NC1=O. The van der Waals surface area contributed by atoms with Gasteiger partial charge >= 0.3 is 5.97 Å². The van der Waals surface area contributed by atoms with E-state index >= 15 is 0 Å². The van der Waals surface area contributed by atoms with E-state index in [9.17, 15) is 18.4 Å². The van der Waals surface area contributed by atoms with Crippen LogP contribution in [0.4, 0.5) is 20.2 Å². The number of halogens is 2. The maximum absolute atomic E-state index is 13.3. The fourth-order valence-electron chi connectivity index (χ4n) is 1.60. The van der Waals surface area contributed by atoms with Crippen molar-refractivity contribution in [3.05, 3.63) is 23.8 Å². The average molecular weight is 242 g/mol. The lowest BCUT2D eigenvalue weighted by Gasteiger charge is -2.26. The highest BCUT2D eigenvalue weighted by atomic mass is 19.1. The molecule has 1 unspecified atom stereocenters. The molecule has 0 radical (unpaired) electrons. The second kappa shape index (κ2) is 4.00. The second-order valence-electron chi connectivity index (χ2n) is 3.59. The van der Waals surface area contributed by atoms with E-state index in [0.29, 0.717) is 6.07 Å². The zero-order valence-electron chi connectivity index (χ0n) is 8.46. The summed E-state index contributed by atoms with van der Waals surface area (Å²) in [5.41, 5.74) is -0.133. The van der Waals surface area contributed by atoms with Crippen LogP contribution in [0.2, 0.25) is 0 Å². The molecule has 1 aliphatic rings. The van der Waals surface area contributed by atoms with Crippen LogP contribution in [0.15, 0.2) is 12.1 Å². The molecule has 1 aliphatic heterocycles. The number of amides is 1. The van der Waals surface area contributed by atoms with E-state index in [1.807, 2.05) is 0 Å². The molecule has 1 amide bonds. The molecule has 1 aromatic rings. The van der Waals surface area contributed by atoms with E-state index in [1.54, 1.807) is 0 Å². The molecule has 0 bridgehead atoms. The van der Waals surface area contributed by atoms with Crippen molar-refractivity contribution in [2.45, 2.75) is 12.5 Å². The van der Waals surface area contributed by atoms with Gasteiger partial charge < -0.3 is 15.7 Å². The van der Waals surface area contributed by atoms with Crippen LogP contribution >= 0.6 is 0 Å². The van der Waals surface area contributed by atoms with Crippen LogP contribution in [0, 0.1) is 11.6 Å². The number of carboxylic acids is 1. The normalized spacial score (nSPS) is 18.0. The van der Waals surface area contributed by atoms with E-state index in [4.69, 9.17) is 5.11 Å². The number of hydrogen-bond donors (Lipinski definition) is 3. The van der Waals surface area contributed by atoms with Gasteiger partial charge in [-0.25, -0.2) is 8.78 Å². The maximum Gasteiger partial charge on any atom is 0.305 e. The minimum Gasteiger partial charge on any atom is -0.481 e. The third-order valence-corrected chi connectivity index (χ3v) is 2.33. The fourth-order valence-corrected chi connectivity index (χ4v) is 1.60. The number of hydrogen-bond acceptors (Lipinski definition) is 3. The van der Waals surface area contributed by atoms with Crippen LogP contribution < -0.4 is 10.6 Å². The van der Waals surface area contributed by atoms with Crippen molar-refractivity contribution in [2.75, 3.05) is 10.6 Å². The number of carbonyl (C=O) groups is 2. The van der Waals surface area contributed by atoms with Crippen LogP contribution in [-0.2, 0) is 9.59 Å². The Morgan fingerprint density at radius 3 is 2.76 bits per heavy atom. The van der Waals surface area contributed by atoms with Gasteiger partial charge in [-0.05, 0) is 6.07 Å². The molecule has 0 aliphatic carbocycles. The largest absolute Gasteiger partial charge is 0.481 e. The summed E-state index contributed by atoms with van der Waals surface area (Å²) in [5.74, 6) is -3.56. The quantitative estimate of drug-likeness (QED) is 0.727. The van der Waals surface area contributed by atoms with Crippen LogP contribution in [0.5, 0.6) is 0 Å². The number of carbonyl (C=O) groups excluding carboxylic acids is 1. The Bertz CT molecular complexity index is 505. The molecule has 0 spiro atoms. The van der Waals surface area contributed by atoms with Gasteiger partial charge in [-0.2, -0.15) is 0 Å². The van der Waals surface area contributed by atoms with Crippen LogP contribution in [0.1, 0.15) is 6.42 Å². The highest BCUT2D eigenvalue weighted by Crippen LogP contribution is 2.31. The highest BCUT2D eigenvalue weighted by Gasteiger charge is 2.29. The molecule has 0 fully saturated rings. The number of rotatable bonds is 2. The summed E-state index contributed by atoms with van der Waals surface area (Å²) in [6.45, 7) is 0. The number of aliphatic carboxylic acids is 1. The van der Waals surface area contributed by atoms with E-state index in [-0.39, 0.29) is 11.4 Å². The molecule has 17 heavy (non-hydrogen) atoms. The predicted octanol–water partition coefficient (Wildman–Crippen LogP) is 1.17. The molecule has 7 heteroatoms. The lowest BCUT2D eigenvalue weighted by Crippen LogP contribution is -2.40. The summed E-state index contributed by atoms with van der Waals surface area (Å²) in [6.07, 6.45) is -0.469. The summed E-state index contributed by atoms with van der Waals surface area (Å²) in [7, 11) is 0. The first kappa shape index (κ1) is 11.3. The van der Waals surface area contributed by atoms with Gasteiger partial charge in [0.25, 0.3) is 0 Å². The number of carboxylic acid groups (broad SMARTS) is 1. The Labute approximate surface area is 94.4 Å². The number of fused-ring (bicyclic) bond motifs is 1. The Kier molecular flexibility index (Phi) is 2.66. The molecule has 0 saturated carbocycles. The predicted molar refractivity (Wildman–Crippen MR) is 54.7 cm³/mol. The standard InChI is InChI=1S/C10H8F2N2O3/c11-4-1-5(12)9-6(2-4)13-7(3-8(15)16)10(17)14-9/h1-2,7,13H,3H2,(H,14,17)(H,15,16). The number of anilines is 2. The van der Waals surface area contributed by atoms with E-state index in [1.165, 1.54) is 0 Å². The molecule has 3 N–H and O–H groups in total. The van der Waals surface area contributed by atoms with Gasteiger partial charge in [0.15, 0.2) is 5.82 Å². The topological polar surface area (TPSA) is 78.4 Å². The van der Waals surface area contributed by atoms with Crippen molar-refractivity contribution in [1.82, 2.24) is 0 Å². The molecule has 1 atom stereocenters. The first-order valence-electron chi connectivity index (χ1n) is 4.75. The van der Waals surface area contributed by atoms with Crippen molar-refractivity contribution < 1.29 is 23.5 Å². The van der Waals surface area contributed by atoms with Crippen LogP contribution in [0.25, 0.3) is 0 Å². The third-order valence-electron chi connectivity index (χ3n) is 2.33. The summed E-state index contributed by atoms with van der Waals surface area (Å²) in [4.78, 5) is 21.9. The van der Waals surface area contributed by atoms with Crippen molar-refractivity contribution in [1.29, 1.82) is 0 Å². The minimum absolute atomic E-state index is 0.0355. The summed E-state index contributed by atoms with van der Waals surface area (Å²) >= 11 is 0. The zero-order chi connectivity index (χ0) is 12.6. The molecule has 0 aromatic heterocycles. The molecular formula is C10H8F2N2O3. The van der Waals surface area contributed by atoms with Gasteiger partial charge in [-0.3, -0.25) is 9.59 Å². The Balaban J connectivity index is 2.34. The fraction of sp³-hybridized carbons (Fsp3) is 0.200. The third kappa shape index (κ3) is 2.17. The highest BCUT2D eigenvalue weighted by molar-refractivity contribution is 6.04. The molecular weight excluding hydrogens is 234 g/mol. The number of nitrogens with one attached hydrogen (secondary N) is 2. The van der Waals surface area contributed by atoms with E-state index < -0.39 is 36.0 Å². The van der Waals surface area contributed by atoms with Crippen molar-refractivity contribution >= 4 is 23.3 Å². The maximum atomic E-state index is 13.3. The first-order valence-corrected chi connectivity index (χ1v) is 4.75. The van der Waals surface area contributed by atoms with Gasteiger partial charge in [0.1, 0.15) is 17.5 Å².